The minimum absolute atomic E-state index is 0.378. The summed E-state index contributed by atoms with van der Waals surface area (Å²) >= 11 is 13.4. The van der Waals surface area contributed by atoms with Crippen LogP contribution in [0.5, 0.6) is 0 Å². The van der Waals surface area contributed by atoms with Crippen molar-refractivity contribution in [3.63, 3.8) is 0 Å². The summed E-state index contributed by atoms with van der Waals surface area (Å²) in [6.07, 6.45) is 0.991. The Morgan fingerprint density at radius 1 is 1.11 bits per heavy atom. The highest BCUT2D eigenvalue weighted by atomic mass is 79.9. The van der Waals surface area contributed by atoms with Crippen LogP contribution in [0.15, 0.2) is 41.8 Å². The SMILES string of the molecule is Clc1ccc(CC(Br)c2cc3sccc3s2)cc1. The van der Waals surface area contributed by atoms with Crippen LogP contribution in [0.1, 0.15) is 15.3 Å². The third kappa shape index (κ3) is 2.64. The predicted octanol–water partition coefficient (Wildman–Crippen LogP) is 6.29. The molecule has 1 aromatic carbocycles. The summed E-state index contributed by atoms with van der Waals surface area (Å²) in [5, 5.41) is 2.94. The van der Waals surface area contributed by atoms with Crippen molar-refractivity contribution < 1.29 is 0 Å². The van der Waals surface area contributed by atoms with E-state index in [-0.39, 0.29) is 0 Å². The Labute approximate surface area is 127 Å². The van der Waals surface area contributed by atoms with E-state index in [1.54, 1.807) is 11.3 Å². The molecule has 0 aliphatic heterocycles. The van der Waals surface area contributed by atoms with Crippen molar-refractivity contribution >= 4 is 59.6 Å². The maximum absolute atomic E-state index is 5.90. The first kappa shape index (κ1) is 12.7. The van der Waals surface area contributed by atoms with Gasteiger partial charge in [0.1, 0.15) is 0 Å². The highest BCUT2D eigenvalue weighted by molar-refractivity contribution is 9.09. The molecule has 0 saturated carbocycles. The lowest BCUT2D eigenvalue weighted by Crippen LogP contribution is -1.92. The molecule has 0 amide bonds. The second kappa shape index (κ2) is 5.33. The summed E-state index contributed by atoms with van der Waals surface area (Å²) in [5.74, 6) is 0. The Bertz CT molecular complexity index is 625. The number of fused-ring (bicyclic) bond motifs is 1. The van der Waals surface area contributed by atoms with Gasteiger partial charge in [-0.3, -0.25) is 0 Å². The first-order valence-corrected chi connectivity index (χ1v) is 8.57. The van der Waals surface area contributed by atoms with Crippen molar-refractivity contribution in [3.05, 3.63) is 57.2 Å². The molecule has 1 atom stereocenters. The largest absolute Gasteiger partial charge is 0.143 e. The van der Waals surface area contributed by atoms with Crippen LogP contribution < -0.4 is 0 Å². The molecule has 0 spiro atoms. The van der Waals surface area contributed by atoms with Crippen molar-refractivity contribution in [1.82, 2.24) is 0 Å². The summed E-state index contributed by atoms with van der Waals surface area (Å²) in [6.45, 7) is 0. The molecule has 4 heteroatoms. The molecule has 0 radical (unpaired) electrons. The van der Waals surface area contributed by atoms with Crippen molar-refractivity contribution in [1.29, 1.82) is 0 Å². The van der Waals surface area contributed by atoms with Crippen LogP contribution in [-0.4, -0.2) is 0 Å². The van der Waals surface area contributed by atoms with Crippen molar-refractivity contribution in [3.8, 4) is 0 Å². The lowest BCUT2D eigenvalue weighted by atomic mass is 10.1. The number of halogens is 2. The number of benzene rings is 1. The summed E-state index contributed by atoms with van der Waals surface area (Å²) < 4.78 is 2.77. The van der Waals surface area contributed by atoms with Gasteiger partial charge in [0.2, 0.25) is 0 Å². The van der Waals surface area contributed by atoms with Gasteiger partial charge in [-0.25, -0.2) is 0 Å². The predicted molar refractivity (Wildman–Crippen MR) is 86.5 cm³/mol. The van der Waals surface area contributed by atoms with Gasteiger partial charge in [0.25, 0.3) is 0 Å². The molecule has 3 aromatic rings. The lowest BCUT2D eigenvalue weighted by molar-refractivity contribution is 0.970. The fraction of sp³-hybridized carbons (Fsp3) is 0.143. The highest BCUT2D eigenvalue weighted by Gasteiger charge is 2.12. The zero-order valence-corrected chi connectivity index (χ0v) is 13.4. The molecular formula is C14H10BrClS2. The van der Waals surface area contributed by atoms with Crippen LogP contribution in [0.25, 0.3) is 9.40 Å². The van der Waals surface area contributed by atoms with Crippen molar-refractivity contribution in [2.75, 3.05) is 0 Å². The van der Waals surface area contributed by atoms with E-state index in [9.17, 15) is 0 Å². The minimum atomic E-state index is 0.378. The molecule has 1 unspecified atom stereocenters. The van der Waals surface area contributed by atoms with E-state index < -0.39 is 0 Å². The van der Waals surface area contributed by atoms with Gasteiger partial charge in [-0.15, -0.1) is 22.7 Å². The van der Waals surface area contributed by atoms with Gasteiger partial charge in [0, 0.05) is 19.3 Å². The van der Waals surface area contributed by atoms with Gasteiger partial charge >= 0.3 is 0 Å². The fourth-order valence-electron chi connectivity index (χ4n) is 1.87. The van der Waals surface area contributed by atoms with Gasteiger partial charge < -0.3 is 0 Å². The summed E-state index contributed by atoms with van der Waals surface area (Å²) in [4.78, 5) is 1.77. The number of rotatable bonds is 3. The van der Waals surface area contributed by atoms with E-state index in [2.05, 4.69) is 45.6 Å². The molecule has 0 N–H and O–H groups in total. The van der Waals surface area contributed by atoms with Crippen LogP contribution in [0.4, 0.5) is 0 Å². The molecular weight excluding hydrogens is 348 g/mol. The molecule has 0 aliphatic rings. The third-order valence-corrected chi connectivity index (χ3v) is 6.37. The van der Waals surface area contributed by atoms with Crippen LogP contribution in [-0.2, 0) is 6.42 Å². The molecule has 2 heterocycles. The second-order valence-corrected chi connectivity index (χ2v) is 7.70. The topological polar surface area (TPSA) is 0 Å². The zero-order chi connectivity index (χ0) is 12.5. The summed E-state index contributed by atoms with van der Waals surface area (Å²) in [7, 11) is 0. The average Bonchev–Trinajstić information content (AvgIpc) is 2.92. The van der Waals surface area contributed by atoms with Gasteiger partial charge in [-0.2, -0.15) is 0 Å². The summed E-state index contributed by atoms with van der Waals surface area (Å²) in [6, 6.07) is 12.6. The minimum Gasteiger partial charge on any atom is -0.143 e. The molecule has 0 saturated heterocycles. The molecule has 0 nitrogen and oxygen atoms in total. The molecule has 0 fully saturated rings. The van der Waals surface area contributed by atoms with Gasteiger partial charge in [0.15, 0.2) is 0 Å². The normalized spacial score (nSPS) is 13.0. The van der Waals surface area contributed by atoms with E-state index in [0.717, 1.165) is 11.4 Å². The van der Waals surface area contributed by atoms with Crippen LogP contribution >= 0.6 is 50.2 Å². The molecule has 2 aromatic heterocycles. The Morgan fingerprint density at radius 2 is 1.89 bits per heavy atom. The molecule has 92 valence electrons. The average molecular weight is 358 g/mol. The standard InChI is InChI=1S/C14H10BrClS2/c15-11(7-9-1-3-10(16)4-2-9)13-8-14-12(18-13)5-6-17-14/h1-6,8,11H,7H2. The van der Waals surface area contributed by atoms with Gasteiger partial charge in [-0.1, -0.05) is 39.7 Å². The smallest absolute Gasteiger partial charge is 0.0530 e. The fourth-order valence-corrected chi connectivity index (χ4v) is 4.88. The van der Waals surface area contributed by atoms with Crippen LogP contribution in [0.3, 0.4) is 0 Å². The van der Waals surface area contributed by atoms with E-state index in [1.807, 2.05) is 23.5 Å². The summed E-state index contributed by atoms with van der Waals surface area (Å²) in [5.41, 5.74) is 1.30. The van der Waals surface area contributed by atoms with Crippen LogP contribution in [0, 0.1) is 0 Å². The molecule has 0 aliphatic carbocycles. The number of hydrogen-bond acceptors (Lipinski definition) is 2. The molecule has 3 rings (SSSR count). The van der Waals surface area contributed by atoms with Gasteiger partial charge in [0.05, 0.1) is 4.83 Å². The Balaban J connectivity index is 1.80. The van der Waals surface area contributed by atoms with Crippen molar-refractivity contribution in [2.45, 2.75) is 11.2 Å². The Kier molecular flexibility index (Phi) is 3.76. The van der Waals surface area contributed by atoms with E-state index in [1.165, 1.54) is 19.8 Å². The zero-order valence-electron chi connectivity index (χ0n) is 9.40. The highest BCUT2D eigenvalue weighted by Crippen LogP contribution is 2.38. The third-order valence-electron chi connectivity index (χ3n) is 2.80. The first-order chi connectivity index (χ1) is 8.72. The number of thiophene rings is 2. The Morgan fingerprint density at radius 3 is 2.61 bits per heavy atom. The van der Waals surface area contributed by atoms with E-state index >= 15 is 0 Å². The second-order valence-electron chi connectivity index (χ2n) is 4.10. The number of alkyl halides is 1. The maximum atomic E-state index is 5.90. The number of hydrogen-bond donors (Lipinski definition) is 0. The monoisotopic (exact) mass is 356 g/mol. The van der Waals surface area contributed by atoms with Crippen LogP contribution in [0.2, 0.25) is 5.02 Å². The van der Waals surface area contributed by atoms with E-state index in [0.29, 0.717) is 4.83 Å². The molecule has 18 heavy (non-hydrogen) atoms. The maximum Gasteiger partial charge on any atom is 0.0530 e. The lowest BCUT2D eigenvalue weighted by Gasteiger charge is -2.07. The van der Waals surface area contributed by atoms with Crippen molar-refractivity contribution in [2.24, 2.45) is 0 Å². The quantitative estimate of drug-likeness (QED) is 0.483. The Hall–Kier alpha value is -0.350. The molecule has 0 bridgehead atoms. The first-order valence-electron chi connectivity index (χ1n) is 5.58. The van der Waals surface area contributed by atoms with E-state index in [4.69, 9.17) is 11.6 Å². The van der Waals surface area contributed by atoms with Gasteiger partial charge in [-0.05, 0) is 41.6 Å².